The number of nitrogens with one attached hydrogen (secondary N) is 1. The lowest BCUT2D eigenvalue weighted by Crippen LogP contribution is -2.19. The molecule has 1 N–H and O–H groups in total. The molecule has 0 heterocycles. The molecule has 0 aliphatic heterocycles. The first-order valence-corrected chi connectivity index (χ1v) is 5.70. The number of carbonyl (C=O) groups is 1. The number of nitrogens with zero attached hydrogens (tertiary/aromatic N) is 3. The van der Waals surface area contributed by atoms with Gasteiger partial charge in [-0.1, -0.05) is 6.07 Å². The highest BCUT2D eigenvalue weighted by molar-refractivity contribution is 6.01. The van der Waals surface area contributed by atoms with Gasteiger partial charge in [0.25, 0.3) is 11.6 Å². The Morgan fingerprint density at radius 2 is 2.15 bits per heavy atom. The monoisotopic (exact) mass is 274 g/mol. The summed E-state index contributed by atoms with van der Waals surface area (Å²) in [6.45, 7) is 0. The highest BCUT2D eigenvalue weighted by Gasteiger charge is 2.16. The molecular weight excluding hydrogens is 260 g/mol. The Labute approximate surface area is 116 Å². The van der Waals surface area contributed by atoms with Gasteiger partial charge in [0.2, 0.25) is 0 Å². The molecule has 104 valence electrons. The number of nitro benzene ring substituents is 1. The number of anilines is 1. The molecule has 0 fully saturated rings. The number of nitriles is 1. The normalized spacial score (nSPS) is 10.6. The Bertz CT molecular complexity index is 615. The predicted molar refractivity (Wildman–Crippen MR) is 75.1 cm³/mol. The molecule has 0 atom stereocenters. The topological polar surface area (TPSA) is 99.3 Å². The molecule has 0 aliphatic rings. The van der Waals surface area contributed by atoms with Crippen LogP contribution in [-0.2, 0) is 4.79 Å². The predicted octanol–water partition coefficient (Wildman–Crippen LogP) is 1.31. The summed E-state index contributed by atoms with van der Waals surface area (Å²) in [5.41, 5.74) is 0.672. The van der Waals surface area contributed by atoms with E-state index in [1.54, 1.807) is 37.2 Å². The zero-order chi connectivity index (χ0) is 15.3. The minimum absolute atomic E-state index is 0.0852. The van der Waals surface area contributed by atoms with Crippen molar-refractivity contribution < 1.29 is 9.72 Å². The Hall–Kier alpha value is -2.88. The van der Waals surface area contributed by atoms with Gasteiger partial charge < -0.3 is 10.2 Å². The minimum atomic E-state index is -0.535. The fourth-order valence-corrected chi connectivity index (χ4v) is 1.60. The molecule has 7 nitrogen and oxygen atoms in total. The SMILES string of the molecule is CNC(=O)/C(C#N)=C/c1ccc(N(C)C)c([N+](=O)[O-])c1. The zero-order valence-electron chi connectivity index (χ0n) is 11.4. The molecule has 0 saturated heterocycles. The highest BCUT2D eigenvalue weighted by atomic mass is 16.6. The first kappa shape index (κ1) is 15.2. The molecule has 0 saturated carbocycles. The first-order chi connectivity index (χ1) is 9.40. The van der Waals surface area contributed by atoms with Gasteiger partial charge in [0.05, 0.1) is 4.92 Å². The van der Waals surface area contributed by atoms with Gasteiger partial charge in [-0.3, -0.25) is 14.9 Å². The Morgan fingerprint density at radius 1 is 1.50 bits per heavy atom. The number of hydrogen-bond donors (Lipinski definition) is 1. The standard InChI is InChI=1S/C13H14N4O3/c1-15-13(18)10(8-14)6-9-4-5-11(16(2)3)12(7-9)17(19)20/h4-7H,1-3H3,(H,15,18)/b10-6+. The van der Waals surface area contributed by atoms with Gasteiger partial charge in [-0.2, -0.15) is 5.26 Å². The van der Waals surface area contributed by atoms with Crippen molar-refractivity contribution in [2.45, 2.75) is 0 Å². The number of rotatable bonds is 4. The van der Waals surface area contributed by atoms with E-state index >= 15 is 0 Å². The summed E-state index contributed by atoms with van der Waals surface area (Å²) in [7, 11) is 4.80. The van der Waals surface area contributed by atoms with Gasteiger partial charge in [-0.25, -0.2) is 0 Å². The molecule has 1 aromatic rings. The molecule has 0 radical (unpaired) electrons. The van der Waals surface area contributed by atoms with E-state index in [9.17, 15) is 14.9 Å². The van der Waals surface area contributed by atoms with E-state index < -0.39 is 10.8 Å². The second-order valence-electron chi connectivity index (χ2n) is 4.15. The van der Waals surface area contributed by atoms with Crippen molar-refractivity contribution in [1.29, 1.82) is 5.26 Å². The van der Waals surface area contributed by atoms with Crippen molar-refractivity contribution in [2.24, 2.45) is 0 Å². The van der Waals surface area contributed by atoms with E-state index in [2.05, 4.69) is 5.32 Å². The van der Waals surface area contributed by atoms with Crippen molar-refractivity contribution in [1.82, 2.24) is 5.32 Å². The summed E-state index contributed by atoms with van der Waals surface area (Å²) >= 11 is 0. The molecule has 0 aromatic heterocycles. The fraction of sp³-hybridized carbons (Fsp3) is 0.231. The average Bonchev–Trinajstić information content (AvgIpc) is 2.43. The maximum Gasteiger partial charge on any atom is 0.293 e. The lowest BCUT2D eigenvalue weighted by Gasteiger charge is -2.12. The number of carbonyl (C=O) groups excluding carboxylic acids is 1. The van der Waals surface area contributed by atoms with Crippen molar-refractivity contribution in [3.8, 4) is 6.07 Å². The van der Waals surface area contributed by atoms with Crippen LogP contribution in [0, 0.1) is 21.4 Å². The third-order valence-corrected chi connectivity index (χ3v) is 2.58. The largest absolute Gasteiger partial charge is 0.372 e. The van der Waals surface area contributed by atoms with Gasteiger partial charge in [0.15, 0.2) is 0 Å². The van der Waals surface area contributed by atoms with Crippen molar-refractivity contribution in [3.05, 3.63) is 39.4 Å². The lowest BCUT2D eigenvalue weighted by molar-refractivity contribution is -0.384. The average molecular weight is 274 g/mol. The second-order valence-corrected chi connectivity index (χ2v) is 4.15. The summed E-state index contributed by atoms with van der Waals surface area (Å²) in [5.74, 6) is -0.535. The number of hydrogen-bond acceptors (Lipinski definition) is 5. The van der Waals surface area contributed by atoms with Gasteiger partial charge >= 0.3 is 0 Å². The van der Waals surface area contributed by atoms with Crippen LogP contribution >= 0.6 is 0 Å². The summed E-state index contributed by atoms with van der Waals surface area (Å²) in [6, 6.07) is 6.27. The molecule has 0 unspecified atom stereocenters. The molecule has 7 heteroatoms. The van der Waals surface area contributed by atoms with E-state index in [0.29, 0.717) is 11.3 Å². The third kappa shape index (κ3) is 3.32. The minimum Gasteiger partial charge on any atom is -0.372 e. The van der Waals surface area contributed by atoms with E-state index in [-0.39, 0.29) is 11.3 Å². The molecule has 0 bridgehead atoms. The summed E-state index contributed by atoms with van der Waals surface area (Å²) in [4.78, 5) is 23.6. The van der Waals surface area contributed by atoms with Crippen LogP contribution in [0.2, 0.25) is 0 Å². The van der Waals surface area contributed by atoms with Crippen LogP contribution in [0.3, 0.4) is 0 Å². The Kier molecular flexibility index (Phi) is 4.81. The summed E-state index contributed by atoms with van der Waals surface area (Å²) in [6.07, 6.45) is 1.31. The van der Waals surface area contributed by atoms with E-state index in [1.165, 1.54) is 19.2 Å². The fourth-order valence-electron chi connectivity index (χ4n) is 1.60. The molecule has 0 spiro atoms. The van der Waals surface area contributed by atoms with Crippen molar-refractivity contribution >= 4 is 23.4 Å². The van der Waals surface area contributed by atoms with Crippen molar-refractivity contribution in [3.63, 3.8) is 0 Å². The maximum absolute atomic E-state index is 11.4. The van der Waals surface area contributed by atoms with Crippen LogP contribution in [0.4, 0.5) is 11.4 Å². The van der Waals surface area contributed by atoms with Gasteiger partial charge in [-0.05, 0) is 17.7 Å². The molecule has 1 rings (SSSR count). The Morgan fingerprint density at radius 3 is 2.60 bits per heavy atom. The van der Waals surface area contributed by atoms with E-state index in [4.69, 9.17) is 5.26 Å². The quantitative estimate of drug-likeness (QED) is 0.386. The van der Waals surface area contributed by atoms with Crippen molar-refractivity contribution in [2.75, 3.05) is 26.0 Å². The molecule has 0 aliphatic carbocycles. The number of benzene rings is 1. The molecular formula is C13H14N4O3. The van der Waals surface area contributed by atoms with E-state index in [1.807, 2.05) is 0 Å². The summed E-state index contributed by atoms with van der Waals surface area (Å²) in [5, 5.41) is 22.3. The van der Waals surface area contributed by atoms with Gasteiger partial charge in [0, 0.05) is 27.2 Å². The lowest BCUT2D eigenvalue weighted by atomic mass is 10.1. The van der Waals surface area contributed by atoms with Crippen LogP contribution in [-0.4, -0.2) is 32.0 Å². The van der Waals surface area contributed by atoms with Crippen LogP contribution in [0.5, 0.6) is 0 Å². The van der Waals surface area contributed by atoms with Gasteiger partial charge in [-0.15, -0.1) is 0 Å². The third-order valence-electron chi connectivity index (χ3n) is 2.58. The molecule has 20 heavy (non-hydrogen) atoms. The van der Waals surface area contributed by atoms with E-state index in [0.717, 1.165) is 0 Å². The number of amides is 1. The number of likely N-dealkylation sites (N-methyl/N-ethyl adjacent to an activating group) is 1. The molecule has 1 aromatic carbocycles. The smallest absolute Gasteiger partial charge is 0.293 e. The van der Waals surface area contributed by atoms with Gasteiger partial charge in [0.1, 0.15) is 17.3 Å². The molecule has 1 amide bonds. The van der Waals surface area contributed by atoms with Crippen LogP contribution in [0.25, 0.3) is 6.08 Å². The first-order valence-electron chi connectivity index (χ1n) is 5.70. The van der Waals surface area contributed by atoms with Crippen LogP contribution < -0.4 is 10.2 Å². The maximum atomic E-state index is 11.4. The van der Waals surface area contributed by atoms with Crippen LogP contribution in [0.15, 0.2) is 23.8 Å². The number of nitro groups is 1. The zero-order valence-corrected chi connectivity index (χ0v) is 11.4. The Balaban J connectivity index is 3.32. The highest BCUT2D eigenvalue weighted by Crippen LogP contribution is 2.28. The second kappa shape index (κ2) is 6.33. The van der Waals surface area contributed by atoms with Crippen LogP contribution in [0.1, 0.15) is 5.56 Å². The summed E-state index contributed by atoms with van der Waals surface area (Å²) < 4.78 is 0.